The van der Waals surface area contributed by atoms with E-state index in [1.807, 2.05) is 36.9 Å². The van der Waals surface area contributed by atoms with E-state index in [4.69, 9.17) is 16.3 Å². The molecule has 25 heavy (non-hydrogen) atoms. The van der Waals surface area contributed by atoms with Crippen LogP contribution in [0.3, 0.4) is 0 Å². The number of imidazole rings is 1. The number of nitrogens with zero attached hydrogens (tertiary/aromatic N) is 2. The van der Waals surface area contributed by atoms with Gasteiger partial charge in [0.15, 0.2) is 0 Å². The molecule has 6 nitrogen and oxygen atoms in total. The van der Waals surface area contributed by atoms with Crippen molar-refractivity contribution in [3.05, 3.63) is 53.1 Å². The van der Waals surface area contributed by atoms with E-state index < -0.39 is 0 Å². The third-order valence-electron chi connectivity index (χ3n) is 4.48. The minimum atomic E-state index is -0.367. The van der Waals surface area contributed by atoms with Crippen molar-refractivity contribution in [2.75, 3.05) is 6.61 Å². The van der Waals surface area contributed by atoms with Crippen LogP contribution in [0.5, 0.6) is 0 Å². The summed E-state index contributed by atoms with van der Waals surface area (Å²) in [7, 11) is 1.90. The Kier molecular flexibility index (Phi) is 5.60. The Morgan fingerprint density at radius 2 is 2.12 bits per heavy atom. The van der Waals surface area contributed by atoms with Gasteiger partial charge in [-0.3, -0.25) is 0 Å². The molecule has 134 valence electrons. The molecule has 1 aromatic heterocycles. The molecule has 3 unspecified atom stereocenters. The third-order valence-corrected chi connectivity index (χ3v) is 4.73. The smallest absolute Gasteiger partial charge is 0.315 e. The van der Waals surface area contributed by atoms with E-state index in [0.717, 1.165) is 30.8 Å². The Bertz CT molecular complexity index is 710. The number of hydrogen-bond donors (Lipinski definition) is 2. The van der Waals surface area contributed by atoms with Crippen LogP contribution < -0.4 is 10.6 Å². The molecule has 3 atom stereocenters. The Morgan fingerprint density at radius 1 is 1.36 bits per heavy atom. The highest BCUT2D eigenvalue weighted by molar-refractivity contribution is 6.30. The number of nitrogens with one attached hydrogen (secondary N) is 2. The second-order valence-electron chi connectivity index (χ2n) is 6.34. The van der Waals surface area contributed by atoms with Gasteiger partial charge in [0.2, 0.25) is 0 Å². The zero-order valence-corrected chi connectivity index (χ0v) is 15.2. The second kappa shape index (κ2) is 7.89. The van der Waals surface area contributed by atoms with Crippen LogP contribution in [0.15, 0.2) is 36.7 Å². The number of aryl methyl sites for hydroxylation is 1. The highest BCUT2D eigenvalue weighted by Gasteiger charge is 2.26. The molecule has 0 bridgehead atoms. The maximum atomic E-state index is 12.5. The van der Waals surface area contributed by atoms with Crippen molar-refractivity contribution in [1.82, 2.24) is 20.2 Å². The molecule has 2 heterocycles. The lowest BCUT2D eigenvalue weighted by molar-refractivity contribution is 0.0859. The first-order valence-electron chi connectivity index (χ1n) is 8.46. The van der Waals surface area contributed by atoms with Crippen LogP contribution in [0.25, 0.3) is 0 Å². The number of amides is 2. The molecule has 0 saturated carbocycles. The zero-order chi connectivity index (χ0) is 17.8. The highest BCUT2D eigenvalue weighted by atomic mass is 35.5. The van der Waals surface area contributed by atoms with Crippen molar-refractivity contribution in [2.45, 2.75) is 38.0 Å². The van der Waals surface area contributed by atoms with Gasteiger partial charge in [-0.15, -0.1) is 0 Å². The van der Waals surface area contributed by atoms with Crippen molar-refractivity contribution >= 4 is 17.6 Å². The summed E-state index contributed by atoms with van der Waals surface area (Å²) in [6, 6.07) is 6.74. The summed E-state index contributed by atoms with van der Waals surface area (Å²) in [5, 5.41) is 6.65. The fraction of sp³-hybridized carbons (Fsp3) is 0.444. The summed E-state index contributed by atoms with van der Waals surface area (Å²) >= 11 is 5.99. The lowest BCUT2D eigenvalue weighted by Gasteiger charge is -2.23. The monoisotopic (exact) mass is 362 g/mol. The SMILES string of the molecule is CC(NC(=O)NC(c1ccc(Cl)cc1)c1nccn1C)C1CCCO1. The molecule has 1 saturated heterocycles. The molecule has 0 radical (unpaired) electrons. The van der Waals surface area contributed by atoms with E-state index in [0.29, 0.717) is 5.02 Å². The quantitative estimate of drug-likeness (QED) is 0.859. The second-order valence-corrected chi connectivity index (χ2v) is 6.78. The molecule has 0 spiro atoms. The van der Waals surface area contributed by atoms with E-state index in [1.165, 1.54) is 0 Å². The summed E-state index contributed by atoms with van der Waals surface area (Å²) in [6.07, 6.45) is 5.66. The summed E-state index contributed by atoms with van der Waals surface area (Å²) in [5.41, 5.74) is 0.915. The van der Waals surface area contributed by atoms with Crippen LogP contribution in [0.4, 0.5) is 4.79 Å². The molecular weight excluding hydrogens is 340 g/mol. The molecule has 1 aliphatic heterocycles. The first-order valence-corrected chi connectivity index (χ1v) is 8.83. The summed E-state index contributed by atoms with van der Waals surface area (Å²) in [6.45, 7) is 2.73. The molecule has 3 rings (SSSR count). The number of urea groups is 1. The van der Waals surface area contributed by atoms with Gasteiger partial charge in [0, 0.05) is 31.1 Å². The Labute approximate surface area is 152 Å². The van der Waals surface area contributed by atoms with Crippen molar-refractivity contribution in [3.63, 3.8) is 0 Å². The first-order chi connectivity index (χ1) is 12.0. The minimum Gasteiger partial charge on any atom is -0.376 e. The maximum Gasteiger partial charge on any atom is 0.315 e. The fourth-order valence-corrected chi connectivity index (χ4v) is 3.20. The van der Waals surface area contributed by atoms with Gasteiger partial charge in [-0.05, 0) is 37.5 Å². The van der Waals surface area contributed by atoms with Gasteiger partial charge in [0.1, 0.15) is 11.9 Å². The Balaban J connectivity index is 1.74. The number of hydrogen-bond acceptors (Lipinski definition) is 3. The minimum absolute atomic E-state index is 0.0465. The highest BCUT2D eigenvalue weighted by Crippen LogP contribution is 2.22. The number of benzene rings is 1. The molecule has 1 aliphatic rings. The standard InChI is InChI=1S/C18H23ClN4O2/c1-12(15-4-3-11-25-15)21-18(24)22-16(17-20-9-10-23(17)2)13-5-7-14(19)8-6-13/h5-10,12,15-16H,3-4,11H2,1-2H3,(H2,21,22,24). The van der Waals surface area contributed by atoms with Crippen molar-refractivity contribution in [2.24, 2.45) is 7.05 Å². The van der Waals surface area contributed by atoms with E-state index in [9.17, 15) is 4.79 Å². The topological polar surface area (TPSA) is 68.2 Å². The normalized spacial score (nSPS) is 19.4. The lowest BCUT2D eigenvalue weighted by Crippen LogP contribution is -2.47. The van der Waals surface area contributed by atoms with E-state index >= 15 is 0 Å². The van der Waals surface area contributed by atoms with Crippen LogP contribution in [0, 0.1) is 0 Å². The van der Waals surface area contributed by atoms with E-state index in [2.05, 4.69) is 15.6 Å². The number of aromatic nitrogens is 2. The molecule has 2 amide bonds. The van der Waals surface area contributed by atoms with Crippen LogP contribution in [-0.2, 0) is 11.8 Å². The van der Waals surface area contributed by atoms with Gasteiger partial charge >= 0.3 is 6.03 Å². The fourth-order valence-electron chi connectivity index (χ4n) is 3.08. The lowest BCUT2D eigenvalue weighted by atomic mass is 10.1. The zero-order valence-electron chi connectivity index (χ0n) is 14.4. The summed E-state index contributed by atoms with van der Waals surface area (Å²) < 4.78 is 7.53. The van der Waals surface area contributed by atoms with Gasteiger partial charge in [0.05, 0.1) is 12.1 Å². The average Bonchev–Trinajstić information content (AvgIpc) is 3.25. The Morgan fingerprint density at radius 3 is 2.72 bits per heavy atom. The summed E-state index contributed by atoms with van der Waals surface area (Å²) in [5.74, 6) is 0.752. The van der Waals surface area contributed by atoms with Crippen LogP contribution in [0.1, 0.15) is 37.2 Å². The molecule has 1 aromatic carbocycles. The van der Waals surface area contributed by atoms with Crippen LogP contribution in [0.2, 0.25) is 5.02 Å². The van der Waals surface area contributed by atoms with Crippen molar-refractivity contribution in [3.8, 4) is 0 Å². The maximum absolute atomic E-state index is 12.5. The molecule has 2 N–H and O–H groups in total. The van der Waals surface area contributed by atoms with Crippen LogP contribution in [-0.4, -0.2) is 34.3 Å². The van der Waals surface area contributed by atoms with Crippen LogP contribution >= 0.6 is 11.6 Å². The number of ether oxygens (including phenoxy) is 1. The Hall–Kier alpha value is -2.05. The average molecular weight is 363 g/mol. The number of carbonyl (C=O) groups is 1. The van der Waals surface area contributed by atoms with Crippen molar-refractivity contribution in [1.29, 1.82) is 0 Å². The number of carbonyl (C=O) groups excluding carboxylic acids is 1. The van der Waals surface area contributed by atoms with E-state index in [-0.39, 0.29) is 24.2 Å². The molecule has 7 heteroatoms. The summed E-state index contributed by atoms with van der Waals surface area (Å²) in [4.78, 5) is 16.9. The molecule has 0 aliphatic carbocycles. The molecule has 1 fully saturated rings. The molecule has 2 aromatic rings. The van der Waals surface area contributed by atoms with E-state index in [1.54, 1.807) is 18.3 Å². The predicted octanol–water partition coefficient (Wildman–Crippen LogP) is 3.03. The third kappa shape index (κ3) is 4.32. The predicted molar refractivity (Wildman–Crippen MR) is 96.6 cm³/mol. The van der Waals surface area contributed by atoms with Gasteiger partial charge in [-0.2, -0.15) is 0 Å². The first kappa shape index (κ1) is 17.8. The van der Waals surface area contributed by atoms with Gasteiger partial charge in [-0.1, -0.05) is 23.7 Å². The molecular formula is C18H23ClN4O2. The van der Waals surface area contributed by atoms with Gasteiger partial charge < -0.3 is 19.9 Å². The largest absolute Gasteiger partial charge is 0.376 e. The number of halogens is 1. The number of rotatable bonds is 5. The van der Waals surface area contributed by atoms with Gasteiger partial charge in [-0.25, -0.2) is 9.78 Å². The van der Waals surface area contributed by atoms with Crippen molar-refractivity contribution < 1.29 is 9.53 Å². The van der Waals surface area contributed by atoms with Gasteiger partial charge in [0.25, 0.3) is 0 Å².